The van der Waals surface area contributed by atoms with Gasteiger partial charge in [0.05, 0.1) is 7.11 Å². The molecule has 1 aromatic carbocycles. The van der Waals surface area contributed by atoms with E-state index in [4.69, 9.17) is 0 Å². The average Bonchev–Trinajstić information content (AvgIpc) is 2.48. The predicted octanol–water partition coefficient (Wildman–Crippen LogP) is 3.51. The van der Waals surface area contributed by atoms with E-state index in [0.29, 0.717) is 11.4 Å². The van der Waals surface area contributed by atoms with E-state index in [9.17, 15) is 13.6 Å². The molecule has 0 atom stereocenters. The fourth-order valence-corrected chi connectivity index (χ4v) is 1.60. The van der Waals surface area contributed by atoms with Gasteiger partial charge in [-0.05, 0) is 30.3 Å². The molecule has 0 aliphatic carbocycles. The molecule has 22 heavy (non-hydrogen) atoms. The summed E-state index contributed by atoms with van der Waals surface area (Å²) < 4.78 is 30.9. The third-order valence-corrected chi connectivity index (χ3v) is 2.68. The van der Waals surface area contributed by atoms with E-state index >= 15 is 0 Å². The highest BCUT2D eigenvalue weighted by Crippen LogP contribution is 2.25. The number of alkyl halides is 2. The van der Waals surface area contributed by atoms with Crippen molar-refractivity contribution >= 4 is 23.4 Å². The molecule has 0 saturated carbocycles. The Morgan fingerprint density at radius 2 is 1.82 bits per heavy atom. The number of methoxy groups -OCH3 is 1. The quantitative estimate of drug-likeness (QED) is 0.904. The van der Waals surface area contributed by atoms with Gasteiger partial charge < -0.3 is 10.1 Å². The highest BCUT2D eigenvalue weighted by atomic mass is 19.3. The number of nitrogens with one attached hydrogen (secondary N) is 2. The van der Waals surface area contributed by atoms with Gasteiger partial charge in [-0.25, -0.2) is 14.8 Å². The summed E-state index contributed by atoms with van der Waals surface area (Å²) in [6.45, 7) is 0.770. The maximum atomic E-state index is 13.2. The van der Waals surface area contributed by atoms with E-state index < -0.39 is 12.0 Å². The molecule has 116 valence electrons. The smallest absolute Gasteiger partial charge is 0.411 e. The van der Waals surface area contributed by atoms with Gasteiger partial charge >= 0.3 is 6.09 Å². The van der Waals surface area contributed by atoms with Gasteiger partial charge in [0.2, 0.25) is 5.95 Å². The topological polar surface area (TPSA) is 76.1 Å². The van der Waals surface area contributed by atoms with Crippen LogP contribution in [0.25, 0.3) is 0 Å². The summed E-state index contributed by atoms with van der Waals surface area (Å²) in [5, 5.41) is 5.30. The molecule has 2 N–H and O–H groups in total. The van der Waals surface area contributed by atoms with Crippen molar-refractivity contribution in [2.45, 2.75) is 12.8 Å². The fraction of sp³-hybridized carbons (Fsp3) is 0.214. The van der Waals surface area contributed by atoms with Gasteiger partial charge in [-0.1, -0.05) is 0 Å². The molecular formula is C14H14F2N4O2. The van der Waals surface area contributed by atoms with Crippen LogP contribution in [-0.4, -0.2) is 23.2 Å². The number of amides is 1. The SMILES string of the molecule is COC(=O)Nc1ccc(Nc2nccc(C(C)(F)F)n2)cc1. The molecule has 1 amide bonds. The van der Waals surface area contributed by atoms with E-state index in [1.165, 1.54) is 13.3 Å². The van der Waals surface area contributed by atoms with Crippen molar-refractivity contribution in [3.8, 4) is 0 Å². The van der Waals surface area contributed by atoms with E-state index in [2.05, 4.69) is 25.3 Å². The number of benzene rings is 1. The van der Waals surface area contributed by atoms with Gasteiger partial charge in [-0.2, -0.15) is 8.78 Å². The molecule has 0 aliphatic heterocycles. The number of hydrogen-bond donors (Lipinski definition) is 2. The summed E-state index contributed by atoms with van der Waals surface area (Å²) in [6, 6.07) is 7.69. The Labute approximate surface area is 125 Å². The number of hydrogen-bond acceptors (Lipinski definition) is 5. The van der Waals surface area contributed by atoms with Crippen molar-refractivity contribution in [2.24, 2.45) is 0 Å². The number of aromatic nitrogens is 2. The number of carbonyl (C=O) groups is 1. The summed E-state index contributed by atoms with van der Waals surface area (Å²) in [5.74, 6) is -2.97. The van der Waals surface area contributed by atoms with Crippen LogP contribution in [0.5, 0.6) is 0 Å². The van der Waals surface area contributed by atoms with Crippen molar-refractivity contribution in [3.63, 3.8) is 0 Å². The van der Waals surface area contributed by atoms with Gasteiger partial charge in [-0.15, -0.1) is 0 Å². The zero-order valence-corrected chi connectivity index (χ0v) is 11.9. The second-order valence-electron chi connectivity index (χ2n) is 4.47. The molecule has 0 radical (unpaired) electrons. The van der Waals surface area contributed by atoms with Gasteiger partial charge in [0.15, 0.2) is 0 Å². The van der Waals surface area contributed by atoms with Crippen LogP contribution < -0.4 is 10.6 Å². The van der Waals surface area contributed by atoms with Crippen molar-refractivity contribution < 1.29 is 18.3 Å². The van der Waals surface area contributed by atoms with Crippen LogP contribution in [-0.2, 0) is 10.7 Å². The van der Waals surface area contributed by atoms with E-state index in [1.807, 2.05) is 0 Å². The number of rotatable bonds is 4. The van der Waals surface area contributed by atoms with E-state index in [0.717, 1.165) is 13.0 Å². The Morgan fingerprint density at radius 1 is 1.18 bits per heavy atom. The van der Waals surface area contributed by atoms with Gasteiger partial charge in [0.1, 0.15) is 5.69 Å². The predicted molar refractivity (Wildman–Crippen MR) is 77.4 cm³/mol. The molecule has 0 aliphatic rings. The first-order chi connectivity index (χ1) is 10.4. The number of nitrogens with zero attached hydrogens (tertiary/aromatic N) is 2. The summed E-state index contributed by atoms with van der Waals surface area (Å²) in [5.41, 5.74) is 0.758. The standard InChI is InChI=1S/C14H14F2N4O2/c1-14(15,16)11-7-8-17-12(20-11)18-9-3-5-10(6-4-9)19-13(21)22-2/h3-8H,1-2H3,(H,19,21)(H,17,18,20). The Kier molecular flexibility index (Phi) is 4.50. The Bertz CT molecular complexity index is 657. The molecule has 8 heteroatoms. The minimum atomic E-state index is -3.03. The number of ether oxygens (including phenoxy) is 1. The zero-order valence-electron chi connectivity index (χ0n) is 11.9. The lowest BCUT2D eigenvalue weighted by Gasteiger charge is -2.11. The third-order valence-electron chi connectivity index (χ3n) is 2.68. The van der Waals surface area contributed by atoms with Crippen molar-refractivity contribution in [2.75, 3.05) is 17.7 Å². The first-order valence-corrected chi connectivity index (χ1v) is 6.32. The van der Waals surface area contributed by atoms with Crippen LogP contribution in [0.15, 0.2) is 36.5 Å². The maximum absolute atomic E-state index is 13.2. The molecule has 2 rings (SSSR count). The Balaban J connectivity index is 2.09. The normalized spacial score (nSPS) is 10.9. The first kappa shape index (κ1) is 15.6. The minimum Gasteiger partial charge on any atom is -0.453 e. The second-order valence-corrected chi connectivity index (χ2v) is 4.47. The average molecular weight is 308 g/mol. The van der Waals surface area contributed by atoms with Crippen LogP contribution in [0.4, 0.5) is 30.9 Å². The monoisotopic (exact) mass is 308 g/mol. The van der Waals surface area contributed by atoms with Crippen LogP contribution in [0.3, 0.4) is 0 Å². The third kappa shape index (κ3) is 4.11. The molecule has 0 spiro atoms. The summed E-state index contributed by atoms with van der Waals surface area (Å²) >= 11 is 0. The second kappa shape index (κ2) is 6.33. The Hall–Kier alpha value is -2.77. The number of carbonyl (C=O) groups excluding carboxylic acids is 1. The minimum absolute atomic E-state index is 0.0627. The molecule has 0 fully saturated rings. The van der Waals surface area contributed by atoms with Crippen LogP contribution >= 0.6 is 0 Å². The molecule has 0 saturated heterocycles. The highest BCUT2D eigenvalue weighted by molar-refractivity contribution is 5.84. The maximum Gasteiger partial charge on any atom is 0.411 e. The van der Waals surface area contributed by atoms with Crippen LogP contribution in [0, 0.1) is 0 Å². The molecule has 0 bridgehead atoms. The molecule has 2 aromatic rings. The number of anilines is 3. The van der Waals surface area contributed by atoms with E-state index in [-0.39, 0.29) is 11.6 Å². The molecule has 6 nitrogen and oxygen atoms in total. The van der Waals surface area contributed by atoms with Crippen LogP contribution in [0.1, 0.15) is 12.6 Å². The zero-order chi connectivity index (χ0) is 16.2. The lowest BCUT2D eigenvalue weighted by molar-refractivity contribution is 0.0128. The fourth-order valence-electron chi connectivity index (χ4n) is 1.60. The molecule has 1 heterocycles. The number of halogens is 2. The van der Waals surface area contributed by atoms with Gasteiger partial charge in [-0.3, -0.25) is 5.32 Å². The lowest BCUT2D eigenvalue weighted by atomic mass is 10.2. The van der Waals surface area contributed by atoms with Gasteiger partial charge in [0.25, 0.3) is 5.92 Å². The Morgan fingerprint density at radius 3 is 2.41 bits per heavy atom. The summed E-state index contributed by atoms with van der Waals surface area (Å²) in [4.78, 5) is 18.7. The summed E-state index contributed by atoms with van der Waals surface area (Å²) in [6.07, 6.45) is 0.678. The first-order valence-electron chi connectivity index (χ1n) is 6.32. The van der Waals surface area contributed by atoms with E-state index in [1.54, 1.807) is 24.3 Å². The van der Waals surface area contributed by atoms with Crippen LogP contribution in [0.2, 0.25) is 0 Å². The molecular weight excluding hydrogens is 294 g/mol. The largest absolute Gasteiger partial charge is 0.453 e. The lowest BCUT2D eigenvalue weighted by Crippen LogP contribution is -2.12. The van der Waals surface area contributed by atoms with Crippen molar-refractivity contribution in [3.05, 3.63) is 42.2 Å². The highest BCUT2D eigenvalue weighted by Gasteiger charge is 2.26. The molecule has 0 unspecified atom stereocenters. The molecule has 1 aromatic heterocycles. The summed E-state index contributed by atoms with van der Waals surface area (Å²) in [7, 11) is 1.26. The van der Waals surface area contributed by atoms with Crippen molar-refractivity contribution in [1.29, 1.82) is 0 Å². The van der Waals surface area contributed by atoms with Gasteiger partial charge in [0, 0.05) is 24.5 Å². The van der Waals surface area contributed by atoms with Crippen molar-refractivity contribution in [1.82, 2.24) is 9.97 Å².